The number of halogens is 3. The number of likely N-dealkylation sites (tertiary alicyclic amines) is 1. The maximum absolute atomic E-state index is 12.4. The molecule has 9 heteroatoms. The number of nitrogens with one attached hydrogen (secondary N) is 1. The number of rotatable bonds is 4. The standard InChI is InChI=1S/C14H20F3N5O/c15-14(16,17)9-21-2-1-11(8-21)20-12-7-13(19-10-18-12)22-3-5-23-6-4-22/h7,10-11H,1-6,8-9H2,(H,18,19,20). The molecule has 0 aliphatic carbocycles. The SMILES string of the molecule is FC(F)(F)CN1CCC(Nc2cc(N3CCOCC3)ncn2)C1. The molecule has 0 amide bonds. The Labute approximate surface area is 132 Å². The normalized spacial score (nSPS) is 23.3. The summed E-state index contributed by atoms with van der Waals surface area (Å²) >= 11 is 0. The lowest BCUT2D eigenvalue weighted by molar-refractivity contribution is -0.143. The molecule has 2 fully saturated rings. The minimum Gasteiger partial charge on any atom is -0.378 e. The molecule has 0 spiro atoms. The van der Waals surface area contributed by atoms with Crippen LogP contribution in [0.2, 0.25) is 0 Å². The van der Waals surface area contributed by atoms with Crippen molar-refractivity contribution in [2.75, 3.05) is 56.2 Å². The second-order valence-electron chi connectivity index (χ2n) is 5.84. The highest BCUT2D eigenvalue weighted by atomic mass is 19.4. The maximum Gasteiger partial charge on any atom is 0.401 e. The summed E-state index contributed by atoms with van der Waals surface area (Å²) in [6.07, 6.45) is -1.99. The van der Waals surface area contributed by atoms with Gasteiger partial charge in [-0.3, -0.25) is 4.90 Å². The van der Waals surface area contributed by atoms with Crippen molar-refractivity contribution in [1.82, 2.24) is 14.9 Å². The summed E-state index contributed by atoms with van der Waals surface area (Å²) in [6.45, 7) is 2.85. The summed E-state index contributed by atoms with van der Waals surface area (Å²) in [5.74, 6) is 1.47. The molecule has 3 rings (SSSR count). The van der Waals surface area contributed by atoms with E-state index in [1.54, 1.807) is 0 Å². The molecule has 6 nitrogen and oxygen atoms in total. The van der Waals surface area contributed by atoms with Gasteiger partial charge in [-0.1, -0.05) is 0 Å². The average molecular weight is 331 g/mol. The van der Waals surface area contributed by atoms with E-state index in [0.717, 1.165) is 18.9 Å². The van der Waals surface area contributed by atoms with Crippen LogP contribution in [0.15, 0.2) is 12.4 Å². The summed E-state index contributed by atoms with van der Waals surface area (Å²) in [6, 6.07) is 1.82. The lowest BCUT2D eigenvalue weighted by Crippen LogP contribution is -2.37. The topological polar surface area (TPSA) is 53.5 Å². The van der Waals surface area contributed by atoms with Crippen LogP contribution in [0.25, 0.3) is 0 Å². The first-order valence-corrected chi connectivity index (χ1v) is 7.70. The van der Waals surface area contributed by atoms with Gasteiger partial charge in [0.2, 0.25) is 0 Å². The zero-order chi connectivity index (χ0) is 16.3. The van der Waals surface area contributed by atoms with Crippen molar-refractivity contribution in [3.05, 3.63) is 12.4 Å². The Morgan fingerprint density at radius 1 is 1.22 bits per heavy atom. The van der Waals surface area contributed by atoms with Crippen molar-refractivity contribution in [1.29, 1.82) is 0 Å². The molecule has 0 saturated carbocycles. The van der Waals surface area contributed by atoms with Gasteiger partial charge in [0.05, 0.1) is 19.8 Å². The summed E-state index contributed by atoms with van der Waals surface area (Å²) in [7, 11) is 0. The molecule has 128 valence electrons. The van der Waals surface area contributed by atoms with E-state index in [-0.39, 0.29) is 6.04 Å². The third-order valence-corrected chi connectivity index (χ3v) is 4.01. The van der Waals surface area contributed by atoms with Gasteiger partial charge in [-0.15, -0.1) is 0 Å². The fraction of sp³-hybridized carbons (Fsp3) is 0.714. The monoisotopic (exact) mass is 331 g/mol. The van der Waals surface area contributed by atoms with E-state index in [1.807, 2.05) is 6.07 Å². The third kappa shape index (κ3) is 4.68. The quantitative estimate of drug-likeness (QED) is 0.899. The van der Waals surface area contributed by atoms with Crippen LogP contribution in [0.1, 0.15) is 6.42 Å². The largest absolute Gasteiger partial charge is 0.401 e. The molecule has 1 unspecified atom stereocenters. The van der Waals surface area contributed by atoms with Gasteiger partial charge in [-0.2, -0.15) is 13.2 Å². The molecule has 0 bridgehead atoms. The van der Waals surface area contributed by atoms with Gasteiger partial charge in [0.1, 0.15) is 18.0 Å². The first-order chi connectivity index (χ1) is 11.0. The predicted octanol–water partition coefficient (Wildman–Crippen LogP) is 1.36. The molecule has 0 aromatic carbocycles. The number of alkyl halides is 3. The molecule has 2 aliphatic rings. The van der Waals surface area contributed by atoms with Crippen LogP contribution < -0.4 is 10.2 Å². The van der Waals surface area contributed by atoms with E-state index in [1.165, 1.54) is 11.2 Å². The number of morpholine rings is 1. The minimum absolute atomic E-state index is 0.0233. The van der Waals surface area contributed by atoms with Crippen molar-refractivity contribution in [2.45, 2.75) is 18.6 Å². The molecule has 1 aromatic rings. The summed E-state index contributed by atoms with van der Waals surface area (Å²) in [4.78, 5) is 12.0. The van der Waals surface area contributed by atoms with Gasteiger partial charge in [0.25, 0.3) is 0 Å². The van der Waals surface area contributed by atoms with Crippen LogP contribution in [0.4, 0.5) is 24.8 Å². The van der Waals surface area contributed by atoms with Crippen molar-refractivity contribution >= 4 is 11.6 Å². The second kappa shape index (κ2) is 6.88. The first-order valence-electron chi connectivity index (χ1n) is 7.70. The molecule has 2 saturated heterocycles. The summed E-state index contributed by atoms with van der Waals surface area (Å²) in [5, 5.41) is 3.22. The number of hydrogen-bond donors (Lipinski definition) is 1. The fourth-order valence-corrected chi connectivity index (χ4v) is 2.95. The van der Waals surface area contributed by atoms with Crippen molar-refractivity contribution < 1.29 is 17.9 Å². The molecular formula is C14H20F3N5O. The zero-order valence-electron chi connectivity index (χ0n) is 12.7. The number of hydrogen-bond acceptors (Lipinski definition) is 6. The molecule has 3 heterocycles. The van der Waals surface area contributed by atoms with Crippen LogP contribution >= 0.6 is 0 Å². The number of nitrogens with zero attached hydrogens (tertiary/aromatic N) is 4. The van der Waals surface area contributed by atoms with Crippen molar-refractivity contribution in [2.24, 2.45) is 0 Å². The van der Waals surface area contributed by atoms with Gasteiger partial charge in [-0.05, 0) is 6.42 Å². The van der Waals surface area contributed by atoms with Gasteiger partial charge in [0.15, 0.2) is 0 Å². The van der Waals surface area contributed by atoms with Crippen LogP contribution in [0, 0.1) is 0 Å². The van der Waals surface area contributed by atoms with Crippen LogP contribution in [0.3, 0.4) is 0 Å². The lowest BCUT2D eigenvalue weighted by atomic mass is 10.2. The number of ether oxygens (including phenoxy) is 1. The van der Waals surface area contributed by atoms with E-state index < -0.39 is 12.7 Å². The van der Waals surface area contributed by atoms with Crippen LogP contribution in [0.5, 0.6) is 0 Å². The molecule has 0 radical (unpaired) electrons. The third-order valence-electron chi connectivity index (χ3n) is 4.01. The Morgan fingerprint density at radius 2 is 2.00 bits per heavy atom. The maximum atomic E-state index is 12.4. The molecule has 1 N–H and O–H groups in total. The van der Waals surface area contributed by atoms with Gasteiger partial charge < -0.3 is 15.0 Å². The smallest absolute Gasteiger partial charge is 0.378 e. The van der Waals surface area contributed by atoms with Gasteiger partial charge >= 0.3 is 6.18 Å². The number of aromatic nitrogens is 2. The first kappa shape index (κ1) is 16.3. The highest BCUT2D eigenvalue weighted by Gasteiger charge is 2.34. The summed E-state index contributed by atoms with van der Waals surface area (Å²) < 4.78 is 42.6. The molecule has 2 aliphatic heterocycles. The lowest BCUT2D eigenvalue weighted by Gasteiger charge is -2.28. The molecule has 1 atom stereocenters. The highest BCUT2D eigenvalue weighted by Crippen LogP contribution is 2.22. The zero-order valence-corrected chi connectivity index (χ0v) is 12.7. The van der Waals surface area contributed by atoms with E-state index in [9.17, 15) is 13.2 Å². The van der Waals surface area contributed by atoms with Gasteiger partial charge in [-0.25, -0.2) is 9.97 Å². The minimum atomic E-state index is -4.15. The van der Waals surface area contributed by atoms with Crippen LogP contribution in [-0.4, -0.2) is 73.0 Å². The van der Waals surface area contributed by atoms with Crippen LogP contribution in [-0.2, 0) is 4.74 Å². The molecule has 1 aromatic heterocycles. The highest BCUT2D eigenvalue weighted by molar-refractivity contribution is 5.49. The molecular weight excluding hydrogens is 311 g/mol. The Morgan fingerprint density at radius 3 is 2.74 bits per heavy atom. The van der Waals surface area contributed by atoms with E-state index in [2.05, 4.69) is 20.2 Å². The fourth-order valence-electron chi connectivity index (χ4n) is 2.95. The van der Waals surface area contributed by atoms with E-state index >= 15 is 0 Å². The summed E-state index contributed by atoms with van der Waals surface area (Å²) in [5.41, 5.74) is 0. The van der Waals surface area contributed by atoms with Crippen molar-refractivity contribution in [3.8, 4) is 0 Å². The number of anilines is 2. The van der Waals surface area contributed by atoms with Crippen molar-refractivity contribution in [3.63, 3.8) is 0 Å². The Bertz CT molecular complexity index is 521. The van der Waals surface area contributed by atoms with Gasteiger partial charge in [0, 0.05) is 38.3 Å². The Hall–Kier alpha value is -1.61. The average Bonchev–Trinajstić information content (AvgIpc) is 2.93. The van der Waals surface area contributed by atoms with E-state index in [4.69, 9.17) is 4.74 Å². The van der Waals surface area contributed by atoms with E-state index in [0.29, 0.717) is 38.5 Å². The second-order valence-corrected chi connectivity index (χ2v) is 5.84. The Balaban J connectivity index is 1.56. The predicted molar refractivity (Wildman–Crippen MR) is 79.6 cm³/mol. The Kier molecular flexibility index (Phi) is 4.86. The molecule has 23 heavy (non-hydrogen) atoms.